The number of hydrogen-bond acceptors (Lipinski definition) is 2. The van der Waals surface area contributed by atoms with E-state index in [4.69, 9.17) is 9.47 Å². The van der Waals surface area contributed by atoms with Crippen molar-refractivity contribution >= 4 is 28.1 Å². The average Bonchev–Trinajstić information content (AvgIpc) is 3.29. The molecule has 0 radical (unpaired) electrons. The van der Waals surface area contributed by atoms with Gasteiger partial charge in [0.2, 0.25) is 0 Å². The van der Waals surface area contributed by atoms with Crippen LogP contribution in [0.4, 0.5) is 0 Å². The Balaban J connectivity index is 1.94. The van der Waals surface area contributed by atoms with Gasteiger partial charge in [0.25, 0.3) is 0 Å². The molecule has 0 saturated carbocycles. The summed E-state index contributed by atoms with van der Waals surface area (Å²) < 4.78 is 11.4. The number of rotatable bonds is 6. The first kappa shape index (κ1) is 19.2. The van der Waals surface area contributed by atoms with Crippen LogP contribution < -0.4 is 15.9 Å². The highest BCUT2D eigenvalue weighted by Gasteiger charge is 2.28. The first-order chi connectivity index (χ1) is 13.8. The number of ether oxygens (including phenoxy) is 2. The zero-order chi connectivity index (χ0) is 19.2. The molecule has 3 heteroatoms. The highest BCUT2D eigenvalue weighted by atomic mass is 31.2. The SMILES string of the molecule is CC(CCC1OCCO1)=P(c1ccccc1)(c1ccccc1)c1ccccc1. The molecule has 0 N–H and O–H groups in total. The Morgan fingerprint density at radius 1 is 0.714 bits per heavy atom. The zero-order valence-corrected chi connectivity index (χ0v) is 17.2. The minimum atomic E-state index is -1.90. The molecule has 0 aliphatic carbocycles. The van der Waals surface area contributed by atoms with Gasteiger partial charge in [0, 0.05) is 6.42 Å². The predicted octanol–water partition coefficient (Wildman–Crippen LogP) is 4.33. The van der Waals surface area contributed by atoms with Crippen LogP contribution in [0.2, 0.25) is 0 Å². The fourth-order valence-corrected chi connectivity index (χ4v) is 8.67. The Bertz CT molecular complexity index is 827. The van der Waals surface area contributed by atoms with Gasteiger partial charge >= 0.3 is 0 Å². The van der Waals surface area contributed by atoms with Crippen LogP contribution in [0.15, 0.2) is 91.0 Å². The Labute approximate surface area is 168 Å². The molecular formula is C25H27O2P. The Morgan fingerprint density at radius 3 is 1.50 bits per heavy atom. The lowest BCUT2D eigenvalue weighted by Crippen LogP contribution is -2.30. The van der Waals surface area contributed by atoms with E-state index in [-0.39, 0.29) is 6.29 Å². The van der Waals surface area contributed by atoms with Gasteiger partial charge in [-0.25, -0.2) is 0 Å². The molecule has 0 spiro atoms. The summed E-state index contributed by atoms with van der Waals surface area (Å²) in [4.78, 5) is 0. The Kier molecular flexibility index (Phi) is 6.12. The minimum absolute atomic E-state index is 0.0702. The van der Waals surface area contributed by atoms with Gasteiger partial charge in [0.15, 0.2) is 6.29 Å². The monoisotopic (exact) mass is 390 g/mol. The molecule has 1 aliphatic heterocycles. The van der Waals surface area contributed by atoms with Crippen LogP contribution in [0.1, 0.15) is 19.8 Å². The third-order valence-corrected chi connectivity index (χ3v) is 10.0. The molecule has 2 nitrogen and oxygen atoms in total. The first-order valence-corrected chi connectivity index (χ1v) is 11.7. The molecule has 1 fully saturated rings. The van der Waals surface area contributed by atoms with Crippen molar-refractivity contribution in [3.63, 3.8) is 0 Å². The van der Waals surface area contributed by atoms with Crippen LogP contribution in [0, 0.1) is 0 Å². The van der Waals surface area contributed by atoms with Gasteiger partial charge in [-0.1, -0.05) is 96.3 Å². The number of benzene rings is 3. The van der Waals surface area contributed by atoms with Crippen LogP contribution in [0.25, 0.3) is 0 Å². The molecule has 144 valence electrons. The van der Waals surface area contributed by atoms with Gasteiger partial charge in [-0.3, -0.25) is 0 Å². The van der Waals surface area contributed by atoms with Gasteiger partial charge in [0.1, 0.15) is 0 Å². The smallest absolute Gasteiger partial charge is 0.158 e. The largest absolute Gasteiger partial charge is 0.350 e. The van der Waals surface area contributed by atoms with Crippen LogP contribution >= 0.6 is 6.89 Å². The van der Waals surface area contributed by atoms with Crippen LogP contribution in [0.5, 0.6) is 0 Å². The molecule has 0 amide bonds. The zero-order valence-electron chi connectivity index (χ0n) is 16.3. The van der Waals surface area contributed by atoms with Crippen molar-refractivity contribution in [2.45, 2.75) is 26.1 Å². The minimum Gasteiger partial charge on any atom is -0.350 e. The fourth-order valence-electron chi connectivity index (χ4n) is 4.13. The lowest BCUT2D eigenvalue weighted by Gasteiger charge is -2.32. The fraction of sp³-hybridized carbons (Fsp3) is 0.240. The van der Waals surface area contributed by atoms with Gasteiger partial charge < -0.3 is 9.47 Å². The second kappa shape index (κ2) is 8.92. The molecule has 0 bridgehead atoms. The van der Waals surface area contributed by atoms with E-state index in [2.05, 4.69) is 97.9 Å². The molecule has 1 aliphatic rings. The molecular weight excluding hydrogens is 363 g/mol. The molecule has 0 aromatic heterocycles. The summed E-state index contributed by atoms with van der Waals surface area (Å²) in [7, 11) is 0. The maximum absolute atomic E-state index is 5.71. The summed E-state index contributed by atoms with van der Waals surface area (Å²) in [5, 5.41) is 5.71. The van der Waals surface area contributed by atoms with Crippen molar-refractivity contribution in [3.05, 3.63) is 91.0 Å². The predicted molar refractivity (Wildman–Crippen MR) is 121 cm³/mol. The second-order valence-electron chi connectivity index (χ2n) is 7.12. The Morgan fingerprint density at radius 2 is 1.11 bits per heavy atom. The third-order valence-electron chi connectivity index (χ3n) is 5.44. The Hall–Kier alpha value is -2.12. The lowest BCUT2D eigenvalue weighted by atomic mass is 10.2. The highest BCUT2D eigenvalue weighted by Crippen LogP contribution is 2.47. The van der Waals surface area contributed by atoms with E-state index < -0.39 is 6.89 Å². The van der Waals surface area contributed by atoms with Crippen molar-refractivity contribution in [2.24, 2.45) is 0 Å². The number of hydrogen-bond donors (Lipinski definition) is 0. The summed E-state index contributed by atoms with van der Waals surface area (Å²) in [6.07, 6.45) is 1.82. The molecule has 0 unspecified atom stereocenters. The molecule has 28 heavy (non-hydrogen) atoms. The van der Waals surface area contributed by atoms with Crippen molar-refractivity contribution in [1.82, 2.24) is 0 Å². The molecule has 1 heterocycles. The van der Waals surface area contributed by atoms with Gasteiger partial charge in [-0.05, 0) is 36.1 Å². The van der Waals surface area contributed by atoms with Crippen molar-refractivity contribution in [3.8, 4) is 0 Å². The molecule has 4 rings (SSSR count). The molecule has 3 aromatic carbocycles. The molecule has 3 aromatic rings. The highest BCUT2D eigenvalue weighted by molar-refractivity contribution is 7.95. The second-order valence-corrected chi connectivity index (χ2v) is 10.8. The third kappa shape index (κ3) is 3.73. The maximum atomic E-state index is 5.71. The van der Waals surface area contributed by atoms with Crippen molar-refractivity contribution in [2.75, 3.05) is 13.2 Å². The van der Waals surface area contributed by atoms with Crippen molar-refractivity contribution < 1.29 is 9.47 Å². The summed E-state index contributed by atoms with van der Waals surface area (Å²) in [5.41, 5.74) is 0. The normalized spacial score (nSPS) is 14.9. The van der Waals surface area contributed by atoms with Crippen LogP contribution in [0.3, 0.4) is 0 Å². The summed E-state index contributed by atoms with van der Waals surface area (Å²) in [6, 6.07) is 33.0. The molecule has 1 saturated heterocycles. The standard InChI is InChI=1S/C25H27O2P/c1-21(17-18-25-26-19-20-27-25)28(22-11-5-2-6-12-22,23-13-7-3-8-14-23)24-15-9-4-10-16-24/h2-16,25H,17-20H2,1H3. The van der Waals surface area contributed by atoms with E-state index in [1.54, 1.807) is 0 Å². The van der Waals surface area contributed by atoms with E-state index in [0.717, 1.165) is 12.8 Å². The van der Waals surface area contributed by atoms with E-state index >= 15 is 0 Å². The average molecular weight is 390 g/mol. The van der Waals surface area contributed by atoms with E-state index in [0.29, 0.717) is 13.2 Å². The lowest BCUT2D eigenvalue weighted by molar-refractivity contribution is -0.0449. The summed E-state index contributed by atoms with van der Waals surface area (Å²) in [5.74, 6) is 0. The van der Waals surface area contributed by atoms with Gasteiger partial charge in [-0.15, -0.1) is 0 Å². The maximum Gasteiger partial charge on any atom is 0.158 e. The van der Waals surface area contributed by atoms with Crippen LogP contribution in [-0.2, 0) is 9.47 Å². The topological polar surface area (TPSA) is 18.5 Å². The molecule has 0 atom stereocenters. The van der Waals surface area contributed by atoms with Crippen LogP contribution in [-0.4, -0.2) is 24.8 Å². The van der Waals surface area contributed by atoms with Gasteiger partial charge in [-0.2, -0.15) is 0 Å². The summed E-state index contributed by atoms with van der Waals surface area (Å²) in [6.45, 7) is 1.85. The van der Waals surface area contributed by atoms with Gasteiger partial charge in [0.05, 0.1) is 13.2 Å². The van der Waals surface area contributed by atoms with E-state index in [9.17, 15) is 0 Å². The van der Waals surface area contributed by atoms with E-state index in [1.165, 1.54) is 21.2 Å². The first-order valence-electron chi connectivity index (χ1n) is 9.94. The summed E-state index contributed by atoms with van der Waals surface area (Å²) >= 11 is 0. The van der Waals surface area contributed by atoms with E-state index in [1.807, 2.05) is 0 Å². The quantitative estimate of drug-likeness (QED) is 0.584. The van der Waals surface area contributed by atoms with Crippen molar-refractivity contribution in [1.29, 1.82) is 0 Å².